The fraction of sp³-hybridized carbons (Fsp3) is 0.500. The van der Waals surface area contributed by atoms with Gasteiger partial charge in [0.1, 0.15) is 12.6 Å². The molecule has 1 aliphatic heterocycles. The Labute approximate surface area is 147 Å². The van der Waals surface area contributed by atoms with Gasteiger partial charge in [-0.2, -0.15) is 0 Å². The van der Waals surface area contributed by atoms with Crippen LogP contribution in [0.5, 0.6) is 0 Å². The van der Waals surface area contributed by atoms with Crippen molar-refractivity contribution in [1.82, 2.24) is 10.2 Å². The summed E-state index contributed by atoms with van der Waals surface area (Å²) in [4.78, 5) is 36.9. The minimum Gasteiger partial charge on any atom is -0.480 e. The Balaban J connectivity index is 1.95. The molecule has 25 heavy (non-hydrogen) atoms. The number of carboxylic acids is 1. The average Bonchev–Trinajstić information content (AvgIpc) is 2.60. The van der Waals surface area contributed by atoms with Gasteiger partial charge in [0.15, 0.2) is 0 Å². The lowest BCUT2D eigenvalue weighted by molar-refractivity contribution is -0.156. The molecule has 0 bridgehead atoms. The molecule has 0 spiro atoms. The van der Waals surface area contributed by atoms with Gasteiger partial charge in [-0.05, 0) is 25.3 Å². The number of aryl methyl sites for hydroxylation is 1. The van der Waals surface area contributed by atoms with Crippen molar-refractivity contribution < 1.29 is 24.2 Å². The van der Waals surface area contributed by atoms with Gasteiger partial charge < -0.3 is 20.1 Å². The summed E-state index contributed by atoms with van der Waals surface area (Å²) in [6.45, 7) is 2.14. The number of ether oxygens (including phenoxy) is 1. The number of carbonyl (C=O) groups is 3. The Morgan fingerprint density at radius 3 is 2.72 bits per heavy atom. The first-order chi connectivity index (χ1) is 11.9. The summed E-state index contributed by atoms with van der Waals surface area (Å²) in [5, 5.41) is 11.9. The molecular weight excluding hydrogens is 324 g/mol. The number of piperidine rings is 1. The van der Waals surface area contributed by atoms with Gasteiger partial charge in [-0.1, -0.05) is 29.8 Å². The van der Waals surface area contributed by atoms with Crippen LogP contribution in [0.25, 0.3) is 0 Å². The molecule has 0 aromatic heterocycles. The molecule has 1 aromatic carbocycles. The van der Waals surface area contributed by atoms with Crippen molar-refractivity contribution >= 4 is 17.8 Å². The van der Waals surface area contributed by atoms with E-state index in [-0.39, 0.29) is 38.0 Å². The van der Waals surface area contributed by atoms with Crippen molar-refractivity contribution in [3.63, 3.8) is 0 Å². The summed E-state index contributed by atoms with van der Waals surface area (Å²) < 4.78 is 5.46. The first-order valence-electron chi connectivity index (χ1n) is 8.29. The van der Waals surface area contributed by atoms with Crippen molar-refractivity contribution in [1.29, 1.82) is 0 Å². The van der Waals surface area contributed by atoms with Crippen molar-refractivity contribution in [3.05, 3.63) is 35.4 Å². The Morgan fingerprint density at radius 1 is 1.32 bits per heavy atom. The van der Waals surface area contributed by atoms with E-state index in [1.165, 1.54) is 11.9 Å². The van der Waals surface area contributed by atoms with Gasteiger partial charge in [0.25, 0.3) is 0 Å². The Kier molecular flexibility index (Phi) is 6.52. The highest BCUT2D eigenvalue weighted by Gasteiger charge is 2.38. The van der Waals surface area contributed by atoms with Gasteiger partial charge in [0.2, 0.25) is 11.8 Å². The smallest absolute Gasteiger partial charge is 0.326 e. The van der Waals surface area contributed by atoms with E-state index >= 15 is 0 Å². The molecule has 2 N–H and O–H groups in total. The number of carboxylic acid groups (broad SMARTS) is 1. The summed E-state index contributed by atoms with van der Waals surface area (Å²) in [5.41, 5.74) is 2.05. The van der Waals surface area contributed by atoms with Crippen LogP contribution in [0, 0.1) is 12.8 Å². The number of nitrogens with one attached hydrogen (secondary N) is 1. The highest BCUT2D eigenvalue weighted by atomic mass is 16.5. The molecule has 0 radical (unpaired) electrons. The maximum Gasteiger partial charge on any atom is 0.326 e. The van der Waals surface area contributed by atoms with Crippen molar-refractivity contribution in [3.8, 4) is 0 Å². The number of hydrogen-bond donors (Lipinski definition) is 2. The van der Waals surface area contributed by atoms with E-state index in [9.17, 15) is 19.5 Å². The third-order valence-electron chi connectivity index (χ3n) is 4.38. The molecule has 1 aromatic rings. The van der Waals surface area contributed by atoms with Crippen molar-refractivity contribution in [2.45, 2.75) is 32.4 Å². The summed E-state index contributed by atoms with van der Waals surface area (Å²) in [5.74, 6) is -2.03. The van der Waals surface area contributed by atoms with E-state index in [1.54, 1.807) is 0 Å². The zero-order valence-corrected chi connectivity index (χ0v) is 14.5. The second-order valence-electron chi connectivity index (χ2n) is 6.27. The molecule has 1 fully saturated rings. The van der Waals surface area contributed by atoms with Crippen LogP contribution in [0.15, 0.2) is 24.3 Å². The standard InChI is InChI=1S/C18H24N2O5/c1-12-4-3-5-13(8-12)10-25-11-16(21)20-9-14(17(22)19-2)6-7-15(20)18(23)24/h3-5,8,14-15H,6-7,9-11H2,1-2H3,(H,19,22)(H,23,24)/t14-,15-/m0/s1. The second-order valence-corrected chi connectivity index (χ2v) is 6.27. The lowest BCUT2D eigenvalue weighted by Crippen LogP contribution is -2.54. The fourth-order valence-corrected chi connectivity index (χ4v) is 3.06. The number of hydrogen-bond acceptors (Lipinski definition) is 4. The Morgan fingerprint density at radius 2 is 2.08 bits per heavy atom. The Hall–Kier alpha value is -2.41. The van der Waals surface area contributed by atoms with Crippen molar-refractivity contribution in [2.75, 3.05) is 20.2 Å². The molecule has 2 amide bonds. The highest BCUT2D eigenvalue weighted by Crippen LogP contribution is 2.23. The highest BCUT2D eigenvalue weighted by molar-refractivity contribution is 5.86. The lowest BCUT2D eigenvalue weighted by atomic mass is 9.92. The van der Waals surface area contributed by atoms with Crippen LogP contribution in [-0.4, -0.2) is 54.0 Å². The molecule has 1 heterocycles. The number of rotatable bonds is 6. The molecule has 7 nitrogen and oxygen atoms in total. The number of nitrogens with zero attached hydrogens (tertiary/aromatic N) is 1. The molecular formula is C18H24N2O5. The summed E-state index contributed by atoms with van der Waals surface area (Å²) in [7, 11) is 1.53. The Bertz CT molecular complexity index is 646. The molecule has 0 unspecified atom stereocenters. The van der Waals surface area contributed by atoms with E-state index in [2.05, 4.69) is 5.32 Å². The first-order valence-corrected chi connectivity index (χ1v) is 8.29. The maximum absolute atomic E-state index is 12.4. The van der Waals surface area contributed by atoms with Crippen LogP contribution in [0.2, 0.25) is 0 Å². The van der Waals surface area contributed by atoms with Gasteiger partial charge in [0.05, 0.1) is 12.5 Å². The maximum atomic E-state index is 12.4. The van der Waals surface area contributed by atoms with Gasteiger partial charge >= 0.3 is 5.97 Å². The monoisotopic (exact) mass is 348 g/mol. The van der Waals surface area contributed by atoms with E-state index < -0.39 is 17.9 Å². The van der Waals surface area contributed by atoms with E-state index in [4.69, 9.17) is 4.74 Å². The lowest BCUT2D eigenvalue weighted by Gasteiger charge is -2.36. The van der Waals surface area contributed by atoms with Gasteiger partial charge in [-0.25, -0.2) is 4.79 Å². The van der Waals surface area contributed by atoms with E-state index in [0.29, 0.717) is 6.42 Å². The molecule has 1 aliphatic rings. The minimum atomic E-state index is -1.05. The van der Waals surface area contributed by atoms with Gasteiger partial charge in [-0.15, -0.1) is 0 Å². The van der Waals surface area contributed by atoms with Crippen LogP contribution in [0.1, 0.15) is 24.0 Å². The van der Waals surface area contributed by atoms with Crippen LogP contribution in [0.3, 0.4) is 0 Å². The number of amides is 2. The summed E-state index contributed by atoms with van der Waals surface area (Å²) >= 11 is 0. The molecule has 2 rings (SSSR count). The first kappa shape index (κ1) is 18.9. The van der Waals surface area contributed by atoms with Crippen LogP contribution in [-0.2, 0) is 25.7 Å². The predicted molar refractivity (Wildman–Crippen MR) is 90.8 cm³/mol. The van der Waals surface area contributed by atoms with Gasteiger partial charge in [0, 0.05) is 13.6 Å². The van der Waals surface area contributed by atoms with Crippen LogP contribution in [0.4, 0.5) is 0 Å². The number of carbonyl (C=O) groups excluding carboxylic acids is 2. The summed E-state index contributed by atoms with van der Waals surface area (Å²) in [6.07, 6.45) is 0.710. The zero-order chi connectivity index (χ0) is 18.4. The third kappa shape index (κ3) is 5.03. The molecule has 2 atom stereocenters. The quantitative estimate of drug-likeness (QED) is 0.798. The topological polar surface area (TPSA) is 95.9 Å². The van der Waals surface area contributed by atoms with Crippen LogP contribution >= 0.6 is 0 Å². The predicted octanol–water partition coefficient (Wildman–Crippen LogP) is 0.949. The number of benzene rings is 1. The van der Waals surface area contributed by atoms with Crippen molar-refractivity contribution in [2.24, 2.45) is 5.92 Å². The second kappa shape index (κ2) is 8.62. The number of aliphatic carboxylic acids is 1. The molecule has 0 saturated carbocycles. The van der Waals surface area contributed by atoms with Gasteiger partial charge in [-0.3, -0.25) is 9.59 Å². The SMILES string of the molecule is CNC(=O)[C@H]1CC[C@@H](C(=O)O)N(C(=O)COCc2cccc(C)c2)C1. The summed E-state index contributed by atoms with van der Waals surface area (Å²) in [6, 6.07) is 6.84. The van der Waals surface area contributed by atoms with Crippen LogP contribution < -0.4 is 5.32 Å². The fourth-order valence-electron chi connectivity index (χ4n) is 3.06. The molecule has 136 valence electrons. The third-order valence-corrected chi connectivity index (χ3v) is 4.38. The van der Waals surface area contributed by atoms with E-state index in [1.807, 2.05) is 31.2 Å². The number of likely N-dealkylation sites (tertiary alicyclic amines) is 1. The molecule has 0 aliphatic carbocycles. The minimum absolute atomic E-state index is 0.100. The average molecular weight is 348 g/mol. The zero-order valence-electron chi connectivity index (χ0n) is 14.5. The molecule has 7 heteroatoms. The normalized spacial score (nSPS) is 20.2. The van der Waals surface area contributed by atoms with E-state index in [0.717, 1.165) is 11.1 Å². The molecule has 1 saturated heterocycles. The largest absolute Gasteiger partial charge is 0.480 e.